The third-order valence-electron chi connectivity index (χ3n) is 2.17. The van der Waals surface area contributed by atoms with Gasteiger partial charge in [0.25, 0.3) is 0 Å². The molecule has 0 saturated heterocycles. The minimum Gasteiger partial charge on any atom is -0.444 e. The second-order valence-corrected chi connectivity index (χ2v) is 5.02. The van der Waals surface area contributed by atoms with Gasteiger partial charge in [-0.1, -0.05) is 13.0 Å². The number of aliphatic hydroxyl groups excluding tert-OH is 1. The average molecular weight is 229 g/mol. The SMILES string of the molecule is C=C[C@@H](C)[C@@H](O)[C@@H](C)NC(=O)OC(C)(C)C. The summed E-state index contributed by atoms with van der Waals surface area (Å²) in [7, 11) is 0. The molecule has 16 heavy (non-hydrogen) atoms. The normalized spacial score (nSPS) is 17.1. The Morgan fingerprint density at radius 2 is 1.94 bits per heavy atom. The third-order valence-corrected chi connectivity index (χ3v) is 2.17. The molecular formula is C12H23NO3. The van der Waals surface area contributed by atoms with Gasteiger partial charge in [0.05, 0.1) is 12.1 Å². The van der Waals surface area contributed by atoms with Crippen molar-refractivity contribution in [1.29, 1.82) is 0 Å². The first kappa shape index (κ1) is 15.0. The van der Waals surface area contributed by atoms with Crippen LogP contribution < -0.4 is 5.32 Å². The van der Waals surface area contributed by atoms with Crippen molar-refractivity contribution in [3.05, 3.63) is 12.7 Å². The molecule has 2 N–H and O–H groups in total. The van der Waals surface area contributed by atoms with Crippen LogP contribution in [0.25, 0.3) is 0 Å². The molecule has 4 heteroatoms. The monoisotopic (exact) mass is 229 g/mol. The van der Waals surface area contributed by atoms with Gasteiger partial charge in [0.15, 0.2) is 0 Å². The summed E-state index contributed by atoms with van der Waals surface area (Å²) >= 11 is 0. The first-order valence-corrected chi connectivity index (χ1v) is 5.47. The summed E-state index contributed by atoms with van der Waals surface area (Å²) in [6.45, 7) is 12.5. The van der Waals surface area contributed by atoms with Crippen molar-refractivity contribution in [3.8, 4) is 0 Å². The maximum absolute atomic E-state index is 11.4. The molecule has 0 rings (SSSR count). The van der Waals surface area contributed by atoms with Gasteiger partial charge < -0.3 is 15.2 Å². The van der Waals surface area contributed by atoms with Gasteiger partial charge in [0, 0.05) is 5.92 Å². The van der Waals surface area contributed by atoms with Crippen LogP contribution in [-0.4, -0.2) is 28.9 Å². The van der Waals surface area contributed by atoms with E-state index in [0.29, 0.717) is 0 Å². The minimum absolute atomic E-state index is 0.0788. The lowest BCUT2D eigenvalue weighted by Gasteiger charge is -2.26. The molecule has 0 aliphatic heterocycles. The van der Waals surface area contributed by atoms with Gasteiger partial charge in [-0.3, -0.25) is 0 Å². The molecule has 0 aromatic heterocycles. The zero-order valence-electron chi connectivity index (χ0n) is 10.8. The number of aliphatic hydroxyl groups is 1. The molecule has 1 amide bonds. The summed E-state index contributed by atoms with van der Waals surface area (Å²) in [4.78, 5) is 11.4. The van der Waals surface area contributed by atoms with Crippen LogP contribution in [0.4, 0.5) is 4.79 Å². The van der Waals surface area contributed by atoms with Crippen molar-refractivity contribution in [1.82, 2.24) is 5.32 Å². The van der Waals surface area contributed by atoms with Crippen molar-refractivity contribution >= 4 is 6.09 Å². The Balaban J connectivity index is 4.19. The molecule has 0 fully saturated rings. The molecule has 0 unspecified atom stereocenters. The van der Waals surface area contributed by atoms with E-state index >= 15 is 0 Å². The lowest BCUT2D eigenvalue weighted by molar-refractivity contribution is 0.0399. The van der Waals surface area contributed by atoms with Crippen LogP contribution in [0.1, 0.15) is 34.6 Å². The highest BCUT2D eigenvalue weighted by Crippen LogP contribution is 2.10. The van der Waals surface area contributed by atoms with E-state index in [0.717, 1.165) is 0 Å². The molecule has 0 aliphatic carbocycles. The molecule has 0 bridgehead atoms. The van der Waals surface area contributed by atoms with E-state index in [-0.39, 0.29) is 12.0 Å². The van der Waals surface area contributed by atoms with Crippen LogP contribution in [0.3, 0.4) is 0 Å². The van der Waals surface area contributed by atoms with Gasteiger partial charge in [0.1, 0.15) is 5.60 Å². The Kier molecular flexibility index (Phi) is 5.51. The highest BCUT2D eigenvalue weighted by molar-refractivity contribution is 5.68. The van der Waals surface area contributed by atoms with Crippen molar-refractivity contribution < 1.29 is 14.6 Å². The van der Waals surface area contributed by atoms with Gasteiger partial charge in [-0.25, -0.2) is 4.79 Å². The Morgan fingerprint density at radius 1 is 1.44 bits per heavy atom. The first-order chi connectivity index (χ1) is 7.17. The zero-order valence-corrected chi connectivity index (χ0v) is 10.8. The lowest BCUT2D eigenvalue weighted by Crippen LogP contribution is -2.45. The lowest BCUT2D eigenvalue weighted by atomic mass is 9.99. The van der Waals surface area contributed by atoms with Gasteiger partial charge >= 0.3 is 6.09 Å². The summed E-state index contributed by atoms with van der Waals surface area (Å²) in [6, 6.07) is -0.372. The molecule has 0 aromatic rings. The third kappa shape index (κ3) is 5.75. The Bertz CT molecular complexity index is 245. The average Bonchev–Trinajstić information content (AvgIpc) is 2.12. The van der Waals surface area contributed by atoms with Crippen molar-refractivity contribution in [2.75, 3.05) is 0 Å². The van der Waals surface area contributed by atoms with Crippen molar-refractivity contribution in [2.24, 2.45) is 5.92 Å². The van der Waals surface area contributed by atoms with Crippen molar-refractivity contribution in [3.63, 3.8) is 0 Å². The molecule has 4 nitrogen and oxygen atoms in total. The minimum atomic E-state index is -0.662. The van der Waals surface area contributed by atoms with E-state index in [1.807, 2.05) is 6.92 Å². The quantitative estimate of drug-likeness (QED) is 0.726. The number of nitrogens with one attached hydrogen (secondary N) is 1. The van der Waals surface area contributed by atoms with E-state index in [1.165, 1.54) is 0 Å². The number of carbonyl (C=O) groups is 1. The number of ether oxygens (including phenoxy) is 1. The zero-order chi connectivity index (χ0) is 12.9. The smallest absolute Gasteiger partial charge is 0.407 e. The summed E-state index contributed by atoms with van der Waals surface area (Å²) in [5.74, 6) is -0.0788. The molecule has 0 heterocycles. The second kappa shape index (κ2) is 5.89. The summed E-state index contributed by atoms with van der Waals surface area (Å²) in [5, 5.41) is 12.4. The number of alkyl carbamates (subject to hydrolysis) is 1. The van der Waals surface area contributed by atoms with Crippen LogP contribution in [-0.2, 0) is 4.74 Å². The Hall–Kier alpha value is -1.03. The second-order valence-electron chi connectivity index (χ2n) is 5.02. The van der Waals surface area contributed by atoms with Crippen LogP contribution in [0, 0.1) is 5.92 Å². The number of rotatable bonds is 4. The molecule has 0 aromatic carbocycles. The van der Waals surface area contributed by atoms with Crippen LogP contribution in [0.2, 0.25) is 0 Å². The van der Waals surface area contributed by atoms with E-state index in [1.54, 1.807) is 33.8 Å². The topological polar surface area (TPSA) is 58.6 Å². The van der Waals surface area contributed by atoms with Gasteiger partial charge in [-0.15, -0.1) is 6.58 Å². The molecule has 94 valence electrons. The summed E-state index contributed by atoms with van der Waals surface area (Å²) in [5.41, 5.74) is -0.529. The van der Waals surface area contributed by atoms with E-state index in [2.05, 4.69) is 11.9 Å². The first-order valence-electron chi connectivity index (χ1n) is 5.47. The fourth-order valence-electron chi connectivity index (χ4n) is 1.17. The number of hydrogen-bond acceptors (Lipinski definition) is 3. The maximum Gasteiger partial charge on any atom is 0.407 e. The number of amides is 1. The highest BCUT2D eigenvalue weighted by atomic mass is 16.6. The van der Waals surface area contributed by atoms with Crippen LogP contribution in [0.15, 0.2) is 12.7 Å². The number of carbonyl (C=O) groups excluding carboxylic acids is 1. The highest BCUT2D eigenvalue weighted by Gasteiger charge is 2.23. The maximum atomic E-state index is 11.4. The molecular weight excluding hydrogens is 206 g/mol. The van der Waals surface area contributed by atoms with Gasteiger partial charge in [0.2, 0.25) is 0 Å². The molecule has 3 atom stereocenters. The van der Waals surface area contributed by atoms with E-state index in [9.17, 15) is 9.90 Å². The van der Waals surface area contributed by atoms with Crippen LogP contribution >= 0.6 is 0 Å². The van der Waals surface area contributed by atoms with Gasteiger partial charge in [-0.2, -0.15) is 0 Å². The fourth-order valence-corrected chi connectivity index (χ4v) is 1.17. The van der Waals surface area contributed by atoms with Crippen molar-refractivity contribution in [2.45, 2.75) is 52.4 Å². The largest absolute Gasteiger partial charge is 0.444 e. The van der Waals surface area contributed by atoms with Crippen LogP contribution in [0.5, 0.6) is 0 Å². The van der Waals surface area contributed by atoms with E-state index < -0.39 is 17.8 Å². The molecule has 0 saturated carbocycles. The predicted octanol–water partition coefficient (Wildman–Crippen LogP) is 2.08. The predicted molar refractivity (Wildman–Crippen MR) is 64.2 cm³/mol. The standard InChI is InChI=1S/C12H23NO3/c1-7-8(2)10(14)9(3)13-11(15)16-12(4,5)6/h7-10,14H,1H2,2-6H3,(H,13,15)/t8-,9-,10-/m1/s1. The fraction of sp³-hybridized carbons (Fsp3) is 0.750. The molecule has 0 spiro atoms. The Labute approximate surface area is 97.7 Å². The summed E-state index contributed by atoms with van der Waals surface area (Å²) in [6.07, 6.45) is 0.470. The Morgan fingerprint density at radius 3 is 2.31 bits per heavy atom. The summed E-state index contributed by atoms with van der Waals surface area (Å²) < 4.78 is 5.08. The van der Waals surface area contributed by atoms with Gasteiger partial charge in [-0.05, 0) is 27.7 Å². The molecule has 0 radical (unpaired) electrons. The molecule has 0 aliphatic rings. The number of hydrogen-bond donors (Lipinski definition) is 2. The van der Waals surface area contributed by atoms with E-state index in [4.69, 9.17) is 4.74 Å².